The molecule has 1 unspecified atom stereocenters. The van der Waals surface area contributed by atoms with E-state index >= 15 is 0 Å². The summed E-state index contributed by atoms with van der Waals surface area (Å²) >= 11 is 0. The summed E-state index contributed by atoms with van der Waals surface area (Å²) in [6.07, 6.45) is 0.0486. The summed E-state index contributed by atoms with van der Waals surface area (Å²) in [7, 11) is 3.44. The molecule has 1 fully saturated rings. The van der Waals surface area contributed by atoms with E-state index in [0.29, 0.717) is 31.1 Å². The van der Waals surface area contributed by atoms with Gasteiger partial charge >= 0.3 is 5.97 Å². The van der Waals surface area contributed by atoms with Gasteiger partial charge in [0.25, 0.3) is 0 Å². The lowest BCUT2D eigenvalue weighted by Gasteiger charge is -2.17. The molecule has 0 bridgehead atoms. The van der Waals surface area contributed by atoms with Crippen LogP contribution in [-0.4, -0.2) is 32.8 Å². The summed E-state index contributed by atoms with van der Waals surface area (Å²) in [5.74, 6) is 0.928. The monoisotopic (exact) mass is 251 g/mol. The summed E-state index contributed by atoms with van der Waals surface area (Å²) < 4.78 is 15.9. The minimum Gasteiger partial charge on any atom is -0.493 e. The number of esters is 1. The smallest absolute Gasteiger partial charge is 0.347 e. The molecule has 0 radical (unpaired) electrons. The van der Waals surface area contributed by atoms with Crippen LogP contribution in [0.15, 0.2) is 18.2 Å². The molecule has 0 saturated carbocycles. The first kappa shape index (κ1) is 12.7. The second-order valence-corrected chi connectivity index (χ2v) is 4.04. The lowest BCUT2D eigenvalue weighted by molar-refractivity contribution is -0.143. The number of rotatable bonds is 5. The maximum absolute atomic E-state index is 11.4. The summed E-state index contributed by atoms with van der Waals surface area (Å²) in [6.45, 7) is 1.06. The van der Waals surface area contributed by atoms with E-state index in [1.165, 1.54) is 0 Å². The van der Waals surface area contributed by atoms with Crippen LogP contribution >= 0.6 is 0 Å². The molecule has 5 nitrogen and oxygen atoms in total. The van der Waals surface area contributed by atoms with Crippen molar-refractivity contribution in [2.75, 3.05) is 20.8 Å². The molecule has 98 valence electrons. The zero-order valence-electron chi connectivity index (χ0n) is 10.6. The van der Waals surface area contributed by atoms with Gasteiger partial charge in [0.2, 0.25) is 0 Å². The second-order valence-electron chi connectivity index (χ2n) is 4.04. The van der Waals surface area contributed by atoms with Gasteiger partial charge in [0.1, 0.15) is 0 Å². The molecule has 1 atom stereocenters. The van der Waals surface area contributed by atoms with Gasteiger partial charge in [0, 0.05) is 18.5 Å². The Bertz CT molecular complexity index is 433. The molecule has 1 aromatic rings. The number of para-hydroxylation sites is 1. The van der Waals surface area contributed by atoms with Gasteiger partial charge in [-0.3, -0.25) is 0 Å². The standard InChI is InChI=1S/C13H17NO4/c1-14-8-9-4-3-5-10(16-2)12(9)18-11-6-7-17-13(11)15/h3-5,11,14H,6-8H2,1-2H3. The summed E-state index contributed by atoms with van der Waals surface area (Å²) in [5.41, 5.74) is 0.955. The van der Waals surface area contributed by atoms with Gasteiger partial charge in [-0.05, 0) is 13.1 Å². The average Bonchev–Trinajstić information content (AvgIpc) is 2.77. The maximum Gasteiger partial charge on any atom is 0.347 e. The number of hydrogen-bond acceptors (Lipinski definition) is 5. The molecule has 0 amide bonds. The minimum atomic E-state index is -0.531. The largest absolute Gasteiger partial charge is 0.493 e. The highest BCUT2D eigenvalue weighted by Gasteiger charge is 2.30. The van der Waals surface area contributed by atoms with E-state index in [9.17, 15) is 4.79 Å². The van der Waals surface area contributed by atoms with Crippen LogP contribution in [0.3, 0.4) is 0 Å². The summed E-state index contributed by atoms with van der Waals surface area (Å²) in [5, 5.41) is 3.06. The Labute approximate surface area is 106 Å². The van der Waals surface area contributed by atoms with Crippen molar-refractivity contribution in [3.8, 4) is 11.5 Å². The van der Waals surface area contributed by atoms with Crippen LogP contribution in [-0.2, 0) is 16.1 Å². The fourth-order valence-corrected chi connectivity index (χ4v) is 1.91. The van der Waals surface area contributed by atoms with E-state index in [0.717, 1.165) is 5.56 Å². The summed E-state index contributed by atoms with van der Waals surface area (Å²) in [4.78, 5) is 11.4. The van der Waals surface area contributed by atoms with Crippen LogP contribution in [0.1, 0.15) is 12.0 Å². The molecule has 5 heteroatoms. The second kappa shape index (κ2) is 5.73. The predicted octanol–water partition coefficient (Wildman–Crippen LogP) is 1.11. The van der Waals surface area contributed by atoms with E-state index in [1.54, 1.807) is 7.11 Å². The first-order valence-electron chi connectivity index (χ1n) is 5.90. The fraction of sp³-hybridized carbons (Fsp3) is 0.462. The van der Waals surface area contributed by atoms with Gasteiger partial charge in [0.05, 0.1) is 13.7 Å². The van der Waals surface area contributed by atoms with E-state index in [2.05, 4.69) is 5.32 Å². The van der Waals surface area contributed by atoms with Gasteiger partial charge in [-0.15, -0.1) is 0 Å². The molecule has 1 heterocycles. The first-order valence-corrected chi connectivity index (χ1v) is 5.90. The zero-order chi connectivity index (χ0) is 13.0. The molecule has 2 rings (SSSR count). The number of nitrogens with one attached hydrogen (secondary N) is 1. The Kier molecular flexibility index (Phi) is 4.04. The molecular formula is C13H17NO4. The van der Waals surface area contributed by atoms with Crippen LogP contribution in [0.2, 0.25) is 0 Å². The van der Waals surface area contributed by atoms with E-state index in [1.807, 2.05) is 25.2 Å². The number of ether oxygens (including phenoxy) is 3. The van der Waals surface area contributed by atoms with E-state index < -0.39 is 6.10 Å². The topological polar surface area (TPSA) is 56.8 Å². The summed E-state index contributed by atoms with van der Waals surface area (Å²) in [6, 6.07) is 5.65. The highest BCUT2D eigenvalue weighted by atomic mass is 16.6. The van der Waals surface area contributed by atoms with Crippen LogP contribution < -0.4 is 14.8 Å². The average molecular weight is 251 g/mol. The predicted molar refractivity (Wildman–Crippen MR) is 65.7 cm³/mol. The van der Waals surface area contributed by atoms with Crippen molar-refractivity contribution in [3.63, 3.8) is 0 Å². The van der Waals surface area contributed by atoms with Crippen molar-refractivity contribution in [2.24, 2.45) is 0 Å². The van der Waals surface area contributed by atoms with Crippen LogP contribution in [0.5, 0.6) is 11.5 Å². The van der Waals surface area contributed by atoms with Gasteiger partial charge in [-0.1, -0.05) is 12.1 Å². The Balaban J connectivity index is 2.25. The van der Waals surface area contributed by atoms with Crippen LogP contribution in [0.4, 0.5) is 0 Å². The van der Waals surface area contributed by atoms with Crippen molar-refractivity contribution in [1.82, 2.24) is 5.32 Å². The molecule has 0 aromatic heterocycles. The highest BCUT2D eigenvalue weighted by molar-refractivity contribution is 5.77. The molecular weight excluding hydrogens is 234 g/mol. The van der Waals surface area contributed by atoms with Crippen LogP contribution in [0.25, 0.3) is 0 Å². The van der Waals surface area contributed by atoms with Crippen molar-refractivity contribution in [2.45, 2.75) is 19.1 Å². The molecule has 1 aromatic carbocycles. The first-order chi connectivity index (χ1) is 8.76. The van der Waals surface area contributed by atoms with Gasteiger partial charge in [-0.2, -0.15) is 0 Å². The Morgan fingerprint density at radius 2 is 2.33 bits per heavy atom. The maximum atomic E-state index is 11.4. The molecule has 1 saturated heterocycles. The molecule has 1 aliphatic rings. The Morgan fingerprint density at radius 1 is 1.50 bits per heavy atom. The number of carbonyl (C=O) groups excluding carboxylic acids is 1. The zero-order valence-corrected chi connectivity index (χ0v) is 10.6. The molecule has 0 aliphatic carbocycles. The van der Waals surface area contributed by atoms with Crippen molar-refractivity contribution < 1.29 is 19.0 Å². The van der Waals surface area contributed by atoms with Gasteiger partial charge in [-0.25, -0.2) is 4.79 Å². The number of carbonyl (C=O) groups is 1. The number of benzene rings is 1. The quantitative estimate of drug-likeness (QED) is 0.794. The number of methoxy groups -OCH3 is 1. The number of cyclic esters (lactones) is 1. The Hall–Kier alpha value is -1.75. The molecule has 18 heavy (non-hydrogen) atoms. The van der Waals surface area contributed by atoms with Crippen LogP contribution in [0, 0.1) is 0 Å². The third-order valence-electron chi connectivity index (χ3n) is 2.79. The highest BCUT2D eigenvalue weighted by Crippen LogP contribution is 2.33. The van der Waals surface area contributed by atoms with Gasteiger partial charge < -0.3 is 19.5 Å². The number of hydrogen-bond donors (Lipinski definition) is 1. The van der Waals surface area contributed by atoms with E-state index in [4.69, 9.17) is 14.2 Å². The van der Waals surface area contributed by atoms with Crippen molar-refractivity contribution >= 4 is 5.97 Å². The lowest BCUT2D eigenvalue weighted by Crippen LogP contribution is -2.23. The van der Waals surface area contributed by atoms with Crippen molar-refractivity contribution in [1.29, 1.82) is 0 Å². The lowest BCUT2D eigenvalue weighted by atomic mass is 10.1. The molecule has 1 aliphatic heterocycles. The SMILES string of the molecule is CNCc1cccc(OC)c1OC1CCOC1=O. The minimum absolute atomic E-state index is 0.309. The van der Waals surface area contributed by atoms with Gasteiger partial charge in [0.15, 0.2) is 17.6 Å². The third kappa shape index (κ3) is 2.56. The molecule has 0 spiro atoms. The third-order valence-corrected chi connectivity index (χ3v) is 2.79. The van der Waals surface area contributed by atoms with E-state index in [-0.39, 0.29) is 5.97 Å². The normalized spacial score (nSPS) is 18.6. The Morgan fingerprint density at radius 3 is 2.94 bits per heavy atom. The molecule has 1 N–H and O–H groups in total. The fourth-order valence-electron chi connectivity index (χ4n) is 1.91. The van der Waals surface area contributed by atoms with Crippen molar-refractivity contribution in [3.05, 3.63) is 23.8 Å².